The molecule has 0 bridgehead atoms. The lowest BCUT2D eigenvalue weighted by Gasteiger charge is -2.39. The monoisotopic (exact) mass is 631 g/mol. The van der Waals surface area contributed by atoms with Gasteiger partial charge in [0, 0.05) is 39.9 Å². The van der Waals surface area contributed by atoms with Gasteiger partial charge in [0.1, 0.15) is 11.5 Å². The molecule has 6 aromatic rings. The van der Waals surface area contributed by atoms with E-state index in [0.717, 1.165) is 24.3 Å². The molecule has 2 heteroatoms. The third-order valence-corrected chi connectivity index (χ3v) is 10.6. The first-order valence-electron chi connectivity index (χ1n) is 17.2. The molecule has 2 nitrogen and oxygen atoms in total. The van der Waals surface area contributed by atoms with Crippen LogP contribution in [-0.2, 0) is 11.8 Å². The molecule has 5 aromatic carbocycles. The van der Waals surface area contributed by atoms with Crippen LogP contribution in [0.5, 0.6) is 11.5 Å². The summed E-state index contributed by atoms with van der Waals surface area (Å²) in [5.41, 5.74) is 14.5. The van der Waals surface area contributed by atoms with Gasteiger partial charge in [0.25, 0.3) is 0 Å². The predicted octanol–water partition coefficient (Wildman–Crippen LogP) is 12.1. The van der Waals surface area contributed by atoms with Gasteiger partial charge in [0.15, 0.2) is 0 Å². The number of nitrogens with zero attached hydrogens (tertiary/aromatic N) is 1. The van der Waals surface area contributed by atoms with Crippen molar-refractivity contribution >= 4 is 28.2 Å². The summed E-state index contributed by atoms with van der Waals surface area (Å²) in [6, 6.07) is 41.6. The van der Waals surface area contributed by atoms with E-state index in [4.69, 9.17) is 4.74 Å². The van der Waals surface area contributed by atoms with Gasteiger partial charge in [-0.3, -0.25) is 0 Å². The average Bonchev–Trinajstić information content (AvgIpc) is 3.34. The largest absolute Gasteiger partial charge is 0.457 e. The molecule has 0 N–H and O–H groups in total. The van der Waals surface area contributed by atoms with Crippen molar-refractivity contribution in [2.24, 2.45) is 0 Å². The Bertz CT molecular complexity index is 2440. The predicted molar refractivity (Wildman–Crippen MR) is 205 cm³/mol. The lowest BCUT2D eigenvalue weighted by molar-refractivity contribution is 0.427. The van der Waals surface area contributed by atoms with E-state index in [2.05, 4.69) is 182 Å². The second-order valence-corrected chi connectivity index (χ2v) is 13.4. The number of para-hydroxylation sites is 2. The molecular weight excluding hydrogens is 595 g/mol. The number of benzene rings is 5. The standard InChI is InChI=1S/C47H37NO/c1-32-15-6-7-18-36(32)37-19-8-10-22-40(37)47(2)41-23-11-13-26-45(41)49-46-30-28-34(31-42(46)47)33-16-14-17-35(29-27-33)48-43-24-5-3-4-20-38(43)39-21-9-12-25-44(39)48/h3-13,15-23,25-31H,14,24H2,1-2H3. The molecule has 236 valence electrons. The summed E-state index contributed by atoms with van der Waals surface area (Å²) in [5, 5.41) is 1.30. The zero-order valence-corrected chi connectivity index (χ0v) is 27.9. The van der Waals surface area contributed by atoms with Crippen molar-refractivity contribution in [3.8, 4) is 22.6 Å². The van der Waals surface area contributed by atoms with E-state index in [1.54, 1.807) is 0 Å². The first kappa shape index (κ1) is 29.3. The van der Waals surface area contributed by atoms with Gasteiger partial charge < -0.3 is 9.30 Å². The molecule has 1 unspecified atom stereocenters. The maximum atomic E-state index is 6.64. The van der Waals surface area contributed by atoms with Crippen molar-refractivity contribution in [3.05, 3.63) is 197 Å². The molecule has 0 saturated heterocycles. The number of hydrogen-bond donors (Lipinski definition) is 0. The Morgan fingerprint density at radius 3 is 2.31 bits per heavy atom. The molecule has 49 heavy (non-hydrogen) atoms. The lowest BCUT2D eigenvalue weighted by Crippen LogP contribution is -2.30. The van der Waals surface area contributed by atoms with E-state index in [-0.39, 0.29) is 0 Å². The second kappa shape index (κ2) is 11.7. The highest BCUT2D eigenvalue weighted by molar-refractivity contribution is 5.95. The smallest absolute Gasteiger partial charge is 0.131 e. The van der Waals surface area contributed by atoms with E-state index in [1.807, 2.05) is 0 Å². The Kier molecular flexibility index (Phi) is 6.98. The number of rotatable bonds is 4. The van der Waals surface area contributed by atoms with Crippen LogP contribution >= 0.6 is 0 Å². The van der Waals surface area contributed by atoms with Gasteiger partial charge in [-0.15, -0.1) is 0 Å². The molecule has 0 spiro atoms. The molecule has 0 amide bonds. The van der Waals surface area contributed by atoms with E-state index in [1.165, 1.54) is 72.4 Å². The topological polar surface area (TPSA) is 14.2 Å². The Balaban J connectivity index is 1.16. The molecule has 0 saturated carbocycles. The molecule has 9 rings (SSSR count). The normalized spacial score (nSPS) is 17.7. The number of aromatic nitrogens is 1. The first-order valence-corrected chi connectivity index (χ1v) is 17.2. The summed E-state index contributed by atoms with van der Waals surface area (Å²) in [6.07, 6.45) is 19.9. The number of hydrogen-bond acceptors (Lipinski definition) is 1. The molecule has 3 aliphatic rings. The van der Waals surface area contributed by atoms with Crippen LogP contribution in [0.3, 0.4) is 0 Å². The van der Waals surface area contributed by atoms with Crippen LogP contribution in [0.2, 0.25) is 0 Å². The highest BCUT2D eigenvalue weighted by Crippen LogP contribution is 2.54. The summed E-state index contributed by atoms with van der Waals surface area (Å²) < 4.78 is 9.09. The molecule has 1 aromatic heterocycles. The van der Waals surface area contributed by atoms with E-state index in [0.29, 0.717) is 0 Å². The van der Waals surface area contributed by atoms with Gasteiger partial charge in [0.05, 0.1) is 10.9 Å². The molecule has 2 aliphatic carbocycles. The van der Waals surface area contributed by atoms with Gasteiger partial charge in [-0.25, -0.2) is 0 Å². The van der Waals surface area contributed by atoms with Crippen LogP contribution < -0.4 is 4.74 Å². The molecule has 1 aliphatic heterocycles. The number of aryl methyl sites for hydroxylation is 1. The van der Waals surface area contributed by atoms with Crippen molar-refractivity contribution in [2.75, 3.05) is 0 Å². The average molecular weight is 632 g/mol. The highest BCUT2D eigenvalue weighted by Gasteiger charge is 2.41. The molecule has 1 atom stereocenters. The van der Waals surface area contributed by atoms with Gasteiger partial charge in [-0.2, -0.15) is 0 Å². The van der Waals surface area contributed by atoms with Gasteiger partial charge in [-0.05, 0) is 84.0 Å². The Hall–Kier alpha value is -5.86. The fraction of sp³-hybridized carbons (Fsp3) is 0.106. The third-order valence-electron chi connectivity index (χ3n) is 10.6. The van der Waals surface area contributed by atoms with E-state index >= 15 is 0 Å². The Morgan fingerprint density at radius 1 is 0.653 bits per heavy atom. The minimum atomic E-state index is -0.444. The Labute approximate surface area is 288 Å². The fourth-order valence-electron chi connectivity index (χ4n) is 8.15. The molecule has 2 heterocycles. The first-order chi connectivity index (χ1) is 24.1. The van der Waals surface area contributed by atoms with Crippen LogP contribution in [0, 0.1) is 6.92 Å². The Morgan fingerprint density at radius 2 is 1.41 bits per heavy atom. The summed E-state index contributed by atoms with van der Waals surface area (Å²) in [7, 11) is 0. The number of fused-ring (bicyclic) bond motifs is 5. The SMILES string of the molecule is Cc1ccccc1-c1ccccc1C1(C)c2ccccc2Oc2ccc(C3=CCC=C(n4c5c(c6ccccc64)C=CC=CC5)C=C3)cc21. The van der Waals surface area contributed by atoms with Gasteiger partial charge >= 0.3 is 0 Å². The zero-order valence-electron chi connectivity index (χ0n) is 27.9. The van der Waals surface area contributed by atoms with Crippen molar-refractivity contribution in [2.45, 2.75) is 32.1 Å². The fourth-order valence-corrected chi connectivity index (χ4v) is 8.15. The van der Waals surface area contributed by atoms with Crippen molar-refractivity contribution in [1.29, 1.82) is 0 Å². The maximum absolute atomic E-state index is 6.64. The van der Waals surface area contributed by atoms with Crippen LogP contribution in [-0.4, -0.2) is 4.57 Å². The lowest BCUT2D eigenvalue weighted by atomic mass is 9.67. The summed E-state index contributed by atoms with van der Waals surface area (Å²) in [6.45, 7) is 4.57. The number of allylic oxidation sites excluding steroid dienone is 9. The third kappa shape index (κ3) is 4.70. The quantitative estimate of drug-likeness (QED) is 0.189. The van der Waals surface area contributed by atoms with E-state index < -0.39 is 5.41 Å². The van der Waals surface area contributed by atoms with Crippen LogP contribution in [0.1, 0.15) is 52.4 Å². The van der Waals surface area contributed by atoms with Crippen molar-refractivity contribution in [1.82, 2.24) is 4.57 Å². The minimum Gasteiger partial charge on any atom is -0.457 e. The highest BCUT2D eigenvalue weighted by atomic mass is 16.5. The second-order valence-electron chi connectivity index (χ2n) is 13.4. The van der Waals surface area contributed by atoms with Crippen LogP contribution in [0.4, 0.5) is 0 Å². The van der Waals surface area contributed by atoms with Crippen molar-refractivity contribution < 1.29 is 4.74 Å². The summed E-state index contributed by atoms with van der Waals surface area (Å²) in [4.78, 5) is 0. The molecular formula is C47H37NO. The van der Waals surface area contributed by atoms with Gasteiger partial charge in [0.2, 0.25) is 0 Å². The van der Waals surface area contributed by atoms with Crippen LogP contribution in [0.25, 0.3) is 39.4 Å². The molecule has 0 fully saturated rings. The number of ether oxygens (including phenoxy) is 1. The van der Waals surface area contributed by atoms with Crippen molar-refractivity contribution in [3.63, 3.8) is 0 Å². The van der Waals surface area contributed by atoms with Crippen LogP contribution in [0.15, 0.2) is 158 Å². The van der Waals surface area contributed by atoms with Gasteiger partial charge in [-0.1, -0.05) is 134 Å². The maximum Gasteiger partial charge on any atom is 0.131 e. The summed E-state index contributed by atoms with van der Waals surface area (Å²) in [5.74, 6) is 1.82. The molecule has 0 radical (unpaired) electrons. The van der Waals surface area contributed by atoms with E-state index in [9.17, 15) is 0 Å². The minimum absolute atomic E-state index is 0.444. The summed E-state index contributed by atoms with van der Waals surface area (Å²) >= 11 is 0. The zero-order chi connectivity index (χ0) is 33.0.